The van der Waals surface area contributed by atoms with Crippen molar-refractivity contribution in [2.75, 3.05) is 19.8 Å². The molecule has 1 amide bonds. The Bertz CT molecular complexity index is 1170. The molecule has 362 valence electrons. The van der Waals surface area contributed by atoms with Crippen LogP contribution in [0.1, 0.15) is 226 Å². The molecule has 0 aromatic heterocycles. The lowest BCUT2D eigenvalue weighted by molar-refractivity contribution is -0.124. The van der Waals surface area contributed by atoms with Crippen molar-refractivity contribution in [2.45, 2.75) is 244 Å². The third-order valence-corrected chi connectivity index (χ3v) is 12.1. The molecule has 62 heavy (non-hydrogen) atoms. The summed E-state index contributed by atoms with van der Waals surface area (Å²) < 4.78 is 22.1. The topological polar surface area (TPSA) is 151 Å². The Morgan fingerprint density at radius 3 is 1.44 bits per heavy atom. The lowest BCUT2D eigenvalue weighted by Crippen LogP contribution is -2.46. The molecule has 4 atom stereocenters. The highest BCUT2D eigenvalue weighted by atomic mass is 31.2. The number of amides is 1. The Morgan fingerprint density at radius 2 is 0.968 bits per heavy atom. The van der Waals surface area contributed by atoms with Gasteiger partial charge in [-0.3, -0.25) is 13.8 Å². The lowest BCUT2D eigenvalue weighted by atomic mass is 10.0. The molecule has 0 aliphatic heterocycles. The molecule has 9 nitrogen and oxygen atoms in total. The van der Waals surface area contributed by atoms with Crippen molar-refractivity contribution in [3.05, 3.63) is 60.8 Å². The van der Waals surface area contributed by atoms with Crippen LogP contribution in [0.2, 0.25) is 0 Å². The van der Waals surface area contributed by atoms with Crippen molar-refractivity contribution in [3.63, 3.8) is 0 Å². The van der Waals surface area contributed by atoms with Gasteiger partial charge in [0.25, 0.3) is 0 Å². The van der Waals surface area contributed by atoms with E-state index in [1.54, 1.807) is 6.08 Å². The van der Waals surface area contributed by atoms with Crippen LogP contribution in [-0.4, -0.2) is 59.0 Å². The van der Waals surface area contributed by atoms with Crippen molar-refractivity contribution in [3.8, 4) is 0 Å². The molecule has 0 aliphatic carbocycles. The maximum atomic E-state index is 12.9. The first kappa shape index (κ1) is 60.2. The van der Waals surface area contributed by atoms with Crippen LogP contribution in [0.3, 0.4) is 0 Å². The Kier molecular flexibility index (Phi) is 45.7. The predicted octanol–water partition coefficient (Wildman–Crippen LogP) is 14.0. The normalized spacial score (nSPS) is 14.9. The Hall–Kier alpha value is -1.84. The van der Waals surface area contributed by atoms with Gasteiger partial charge >= 0.3 is 7.82 Å². The summed E-state index contributed by atoms with van der Waals surface area (Å²) in [5.41, 5.74) is 5.38. The number of hydrogen-bond acceptors (Lipinski definition) is 7. The monoisotopic (exact) mass is 893 g/mol. The highest BCUT2D eigenvalue weighted by Gasteiger charge is 2.27. The van der Waals surface area contributed by atoms with E-state index in [0.29, 0.717) is 12.8 Å². The second-order valence-corrected chi connectivity index (χ2v) is 18.6. The first-order chi connectivity index (χ1) is 30.3. The summed E-state index contributed by atoms with van der Waals surface area (Å²) in [6.07, 6.45) is 57.4. The maximum Gasteiger partial charge on any atom is 0.472 e. The van der Waals surface area contributed by atoms with Gasteiger partial charge in [0.05, 0.1) is 37.9 Å². The standard InChI is InChI=1S/C52H97N2O7P/c1-3-5-7-9-11-13-15-17-19-21-23-24-26-27-29-31-33-35-37-39-41-43-49(55)47-52(57)54-50(48-61-62(58,59)60-46-45-53)51(56)44-42-40-38-36-34-32-30-28-25-22-20-18-16-14-12-10-8-6-4-2/h23-25,27-29,34,36,42,44,49-51,55-56H,3-22,26,30-33,35,37-41,43,45-48,53H2,1-2H3,(H,54,57)(H,58,59)/b24-23-,28-25+,29-27-,36-34+,44-42+. The molecular formula is C52H97N2O7P. The number of nitrogens with two attached hydrogens (primary N) is 1. The molecule has 0 rings (SSSR count). The average Bonchev–Trinajstić information content (AvgIpc) is 3.25. The van der Waals surface area contributed by atoms with Gasteiger partial charge in [0.1, 0.15) is 0 Å². The summed E-state index contributed by atoms with van der Waals surface area (Å²) in [7, 11) is -4.42. The van der Waals surface area contributed by atoms with Gasteiger partial charge in [0.2, 0.25) is 5.91 Å². The Morgan fingerprint density at radius 1 is 0.565 bits per heavy atom. The van der Waals surface area contributed by atoms with Gasteiger partial charge in [-0.15, -0.1) is 0 Å². The fourth-order valence-electron chi connectivity index (χ4n) is 7.24. The van der Waals surface area contributed by atoms with E-state index in [0.717, 1.165) is 70.6 Å². The summed E-state index contributed by atoms with van der Waals surface area (Å²) in [4.78, 5) is 22.8. The van der Waals surface area contributed by atoms with Gasteiger partial charge in [0.15, 0.2) is 0 Å². The van der Waals surface area contributed by atoms with Crippen LogP contribution in [-0.2, 0) is 18.4 Å². The summed E-state index contributed by atoms with van der Waals surface area (Å²) in [6.45, 7) is 3.95. The second kappa shape index (κ2) is 47.1. The predicted molar refractivity (Wildman–Crippen MR) is 264 cm³/mol. The van der Waals surface area contributed by atoms with Crippen LogP contribution in [0.15, 0.2) is 60.8 Å². The Balaban J connectivity index is 4.31. The quantitative estimate of drug-likeness (QED) is 0.0230. The number of rotatable bonds is 47. The molecular weight excluding hydrogens is 796 g/mol. The summed E-state index contributed by atoms with van der Waals surface area (Å²) in [5, 5.41) is 24.1. The molecule has 4 unspecified atom stereocenters. The van der Waals surface area contributed by atoms with Crippen molar-refractivity contribution in [2.24, 2.45) is 5.73 Å². The zero-order valence-electron chi connectivity index (χ0n) is 40.0. The minimum Gasteiger partial charge on any atom is -0.393 e. The van der Waals surface area contributed by atoms with E-state index in [-0.39, 0.29) is 19.6 Å². The van der Waals surface area contributed by atoms with Crippen molar-refractivity contribution in [1.29, 1.82) is 0 Å². The zero-order chi connectivity index (χ0) is 45.5. The van der Waals surface area contributed by atoms with E-state index in [9.17, 15) is 24.5 Å². The first-order valence-corrected chi connectivity index (χ1v) is 27.0. The first-order valence-electron chi connectivity index (χ1n) is 25.5. The van der Waals surface area contributed by atoms with Crippen molar-refractivity contribution in [1.82, 2.24) is 5.32 Å². The number of carbonyl (C=O) groups is 1. The zero-order valence-corrected chi connectivity index (χ0v) is 40.9. The fourth-order valence-corrected chi connectivity index (χ4v) is 8.00. The molecule has 0 aromatic carbocycles. The molecule has 0 fully saturated rings. The minimum atomic E-state index is -4.42. The van der Waals surface area contributed by atoms with E-state index in [1.807, 2.05) is 6.08 Å². The molecule has 0 heterocycles. The number of carbonyl (C=O) groups excluding carboxylic acids is 1. The number of aliphatic hydroxyl groups excluding tert-OH is 2. The molecule has 0 radical (unpaired) electrons. The molecule has 6 N–H and O–H groups in total. The van der Waals surface area contributed by atoms with Gasteiger partial charge in [-0.1, -0.05) is 203 Å². The van der Waals surface area contributed by atoms with Gasteiger partial charge in [-0.25, -0.2) is 4.57 Å². The number of unbranched alkanes of at least 4 members (excludes halogenated alkanes) is 25. The highest BCUT2D eigenvalue weighted by molar-refractivity contribution is 7.47. The van der Waals surface area contributed by atoms with Gasteiger partial charge in [-0.2, -0.15) is 0 Å². The second-order valence-electron chi connectivity index (χ2n) is 17.2. The summed E-state index contributed by atoms with van der Waals surface area (Å²) >= 11 is 0. The highest BCUT2D eigenvalue weighted by Crippen LogP contribution is 2.43. The molecule has 0 saturated heterocycles. The van der Waals surface area contributed by atoms with Crippen molar-refractivity contribution >= 4 is 13.7 Å². The summed E-state index contributed by atoms with van der Waals surface area (Å²) in [5.74, 6) is -0.468. The lowest BCUT2D eigenvalue weighted by Gasteiger charge is -2.24. The van der Waals surface area contributed by atoms with Gasteiger partial charge < -0.3 is 26.2 Å². The molecule has 0 aromatic rings. The smallest absolute Gasteiger partial charge is 0.393 e. The number of phosphoric ester groups is 1. The fraction of sp³-hybridized carbons (Fsp3) is 0.788. The number of hydrogen-bond donors (Lipinski definition) is 5. The van der Waals surface area contributed by atoms with E-state index >= 15 is 0 Å². The number of nitrogens with one attached hydrogen (secondary N) is 1. The third-order valence-electron chi connectivity index (χ3n) is 11.1. The van der Waals surface area contributed by atoms with Crippen LogP contribution in [0.5, 0.6) is 0 Å². The molecule has 0 aliphatic rings. The minimum absolute atomic E-state index is 0.0385. The van der Waals surface area contributed by atoms with Crippen molar-refractivity contribution < 1.29 is 33.5 Å². The summed E-state index contributed by atoms with van der Waals surface area (Å²) in [6, 6.07) is -1.01. The molecule has 0 saturated carbocycles. The number of aliphatic hydroxyl groups is 2. The van der Waals surface area contributed by atoms with Crippen LogP contribution >= 0.6 is 7.82 Å². The van der Waals surface area contributed by atoms with E-state index in [2.05, 4.69) is 67.8 Å². The number of allylic oxidation sites excluding steroid dienone is 9. The van der Waals surface area contributed by atoms with Crippen LogP contribution in [0.25, 0.3) is 0 Å². The SMILES string of the molecule is CCCCCCCCCCC/C=C\C/C=C\CCCCCCCC(O)CC(=O)NC(COP(=O)(O)OCCN)C(O)/C=C/CC/C=C/CC/C=C/CCCCCCCCCCC. The molecule has 0 bridgehead atoms. The molecule has 0 spiro atoms. The van der Waals surface area contributed by atoms with Gasteiger partial charge in [0, 0.05) is 6.54 Å². The van der Waals surface area contributed by atoms with Gasteiger partial charge in [-0.05, 0) is 77.0 Å². The van der Waals surface area contributed by atoms with Crippen LogP contribution in [0.4, 0.5) is 0 Å². The number of phosphoric acid groups is 1. The van der Waals surface area contributed by atoms with E-state index in [4.69, 9.17) is 14.8 Å². The van der Waals surface area contributed by atoms with Crippen LogP contribution < -0.4 is 11.1 Å². The largest absolute Gasteiger partial charge is 0.472 e. The average molecular weight is 893 g/mol. The van der Waals surface area contributed by atoms with Crippen LogP contribution in [0, 0.1) is 0 Å². The Labute approximate surface area is 381 Å². The molecule has 10 heteroatoms. The third kappa shape index (κ3) is 44.8. The van der Waals surface area contributed by atoms with E-state index < -0.39 is 38.6 Å². The van der Waals surface area contributed by atoms with E-state index in [1.165, 1.54) is 122 Å². The maximum absolute atomic E-state index is 12.9.